The van der Waals surface area contributed by atoms with E-state index in [2.05, 4.69) is 48.0 Å². The van der Waals surface area contributed by atoms with Crippen molar-refractivity contribution >= 4 is 67.1 Å². The van der Waals surface area contributed by atoms with E-state index in [-0.39, 0.29) is 17.5 Å². The standard InChI is InChI=1S/C18H14Br2FN3O3S/c19-12-4-7-15(14(20)9-12)27-10-17(26)23-24-18(28)22-16(25)8-3-11-1-5-13(21)6-2-11/h1-9H,10H2,(H,23,26)(H2,22,24,25,28)/b8-3+. The van der Waals surface area contributed by atoms with E-state index in [0.29, 0.717) is 15.8 Å². The van der Waals surface area contributed by atoms with Crippen molar-refractivity contribution in [3.8, 4) is 5.75 Å². The second-order valence-electron chi connectivity index (χ2n) is 5.24. The molecule has 0 bridgehead atoms. The molecule has 2 aromatic carbocycles. The lowest BCUT2D eigenvalue weighted by Crippen LogP contribution is -2.49. The third kappa shape index (κ3) is 7.75. The van der Waals surface area contributed by atoms with Crippen molar-refractivity contribution in [2.45, 2.75) is 0 Å². The van der Waals surface area contributed by atoms with E-state index in [9.17, 15) is 14.0 Å². The summed E-state index contributed by atoms with van der Waals surface area (Å²) in [5.41, 5.74) is 5.36. The molecule has 2 amide bonds. The summed E-state index contributed by atoms with van der Waals surface area (Å²) in [6.07, 6.45) is 2.73. The number of halogens is 3. The summed E-state index contributed by atoms with van der Waals surface area (Å²) in [5, 5.41) is 2.27. The average molecular weight is 531 g/mol. The number of ether oxygens (including phenoxy) is 1. The normalized spacial score (nSPS) is 10.4. The van der Waals surface area contributed by atoms with E-state index in [1.807, 2.05) is 0 Å². The van der Waals surface area contributed by atoms with Crippen LogP contribution in [-0.4, -0.2) is 23.5 Å². The minimum absolute atomic E-state index is 0.0908. The summed E-state index contributed by atoms with van der Waals surface area (Å²) in [7, 11) is 0. The van der Waals surface area contributed by atoms with E-state index in [1.54, 1.807) is 18.2 Å². The molecule has 0 saturated carbocycles. The number of rotatable bonds is 5. The molecule has 0 heterocycles. The highest BCUT2D eigenvalue weighted by Gasteiger charge is 2.07. The highest BCUT2D eigenvalue weighted by molar-refractivity contribution is 9.11. The quantitative estimate of drug-likeness (QED) is 0.313. The molecule has 0 atom stereocenters. The summed E-state index contributed by atoms with van der Waals surface area (Å²) < 4.78 is 19.8. The van der Waals surface area contributed by atoms with Crippen molar-refractivity contribution in [1.29, 1.82) is 0 Å². The summed E-state index contributed by atoms with van der Waals surface area (Å²) in [5.74, 6) is -0.862. The molecule has 0 spiro atoms. The lowest BCUT2D eigenvalue weighted by molar-refractivity contribution is -0.123. The Morgan fingerprint density at radius 1 is 1.11 bits per heavy atom. The number of benzene rings is 2. The Morgan fingerprint density at radius 2 is 1.82 bits per heavy atom. The van der Waals surface area contributed by atoms with Crippen LogP contribution in [0.2, 0.25) is 0 Å². The van der Waals surface area contributed by atoms with Crippen LogP contribution >= 0.6 is 44.1 Å². The third-order valence-electron chi connectivity index (χ3n) is 3.10. The molecule has 0 saturated heterocycles. The molecular weight excluding hydrogens is 517 g/mol. The zero-order valence-corrected chi connectivity index (χ0v) is 18.2. The number of hydrogen-bond donors (Lipinski definition) is 3. The Labute approximate surface area is 182 Å². The Balaban J connectivity index is 1.71. The fourth-order valence-corrected chi connectivity index (χ4v) is 3.14. The molecule has 28 heavy (non-hydrogen) atoms. The van der Waals surface area contributed by atoms with Gasteiger partial charge in [-0.15, -0.1) is 0 Å². The van der Waals surface area contributed by atoms with Gasteiger partial charge in [0.05, 0.1) is 4.47 Å². The Hall–Kier alpha value is -2.30. The van der Waals surface area contributed by atoms with Gasteiger partial charge in [0.2, 0.25) is 5.91 Å². The Morgan fingerprint density at radius 3 is 2.50 bits per heavy atom. The number of nitrogens with one attached hydrogen (secondary N) is 3. The van der Waals surface area contributed by atoms with Crippen LogP contribution in [-0.2, 0) is 9.59 Å². The van der Waals surface area contributed by atoms with Gasteiger partial charge >= 0.3 is 0 Å². The first-order valence-corrected chi connectivity index (χ1v) is 9.74. The number of amides is 2. The van der Waals surface area contributed by atoms with Crippen LogP contribution < -0.4 is 20.9 Å². The molecule has 0 aliphatic rings. The van der Waals surface area contributed by atoms with Gasteiger partial charge in [-0.3, -0.25) is 25.8 Å². The fourth-order valence-electron chi connectivity index (χ4n) is 1.83. The second-order valence-corrected chi connectivity index (χ2v) is 7.42. The van der Waals surface area contributed by atoms with Crippen LogP contribution in [0.4, 0.5) is 4.39 Å². The number of hydrazine groups is 1. The number of thiocarbonyl (C=S) groups is 1. The van der Waals surface area contributed by atoms with Crippen molar-refractivity contribution in [2.24, 2.45) is 0 Å². The zero-order chi connectivity index (χ0) is 20.5. The van der Waals surface area contributed by atoms with Gasteiger partial charge in [0.1, 0.15) is 11.6 Å². The summed E-state index contributed by atoms with van der Waals surface area (Å²) in [6, 6.07) is 10.9. The van der Waals surface area contributed by atoms with Crippen molar-refractivity contribution < 1.29 is 18.7 Å². The topological polar surface area (TPSA) is 79.5 Å². The Kier molecular flexibility index (Phi) is 8.55. The average Bonchev–Trinajstić information content (AvgIpc) is 2.65. The molecule has 0 aliphatic heterocycles. The molecule has 6 nitrogen and oxygen atoms in total. The minimum Gasteiger partial charge on any atom is -0.483 e. The lowest BCUT2D eigenvalue weighted by Gasteiger charge is -2.11. The number of carbonyl (C=O) groups is 2. The van der Waals surface area contributed by atoms with Crippen molar-refractivity contribution in [2.75, 3.05) is 6.61 Å². The van der Waals surface area contributed by atoms with Crippen molar-refractivity contribution in [3.05, 3.63) is 68.9 Å². The smallest absolute Gasteiger partial charge is 0.276 e. The molecular formula is C18H14Br2FN3O3S. The molecule has 10 heteroatoms. The maximum atomic E-state index is 12.8. The van der Waals surface area contributed by atoms with Crippen molar-refractivity contribution in [3.63, 3.8) is 0 Å². The first-order chi connectivity index (χ1) is 13.3. The van der Waals surface area contributed by atoms with Crippen LogP contribution in [0.3, 0.4) is 0 Å². The van der Waals surface area contributed by atoms with Crippen LogP contribution in [0, 0.1) is 5.82 Å². The molecule has 3 N–H and O–H groups in total. The first-order valence-electron chi connectivity index (χ1n) is 7.75. The summed E-state index contributed by atoms with van der Waals surface area (Å²) in [4.78, 5) is 23.6. The van der Waals surface area contributed by atoms with Gasteiger partial charge in [-0.2, -0.15) is 0 Å². The molecule has 0 radical (unpaired) electrons. The van der Waals surface area contributed by atoms with Crippen LogP contribution in [0.5, 0.6) is 5.75 Å². The molecule has 2 rings (SSSR count). The zero-order valence-electron chi connectivity index (χ0n) is 14.2. The third-order valence-corrected chi connectivity index (χ3v) is 4.42. The van der Waals surface area contributed by atoms with Gasteiger partial charge < -0.3 is 4.74 Å². The fraction of sp³-hybridized carbons (Fsp3) is 0.0556. The van der Waals surface area contributed by atoms with Crippen LogP contribution in [0.15, 0.2) is 57.5 Å². The summed E-state index contributed by atoms with van der Waals surface area (Å²) >= 11 is 11.6. The lowest BCUT2D eigenvalue weighted by atomic mass is 10.2. The van der Waals surface area contributed by atoms with Crippen LogP contribution in [0.25, 0.3) is 6.08 Å². The monoisotopic (exact) mass is 529 g/mol. The predicted octanol–water partition coefficient (Wildman–Crippen LogP) is 3.46. The highest BCUT2D eigenvalue weighted by atomic mass is 79.9. The Bertz CT molecular complexity index is 907. The molecule has 0 aromatic heterocycles. The highest BCUT2D eigenvalue weighted by Crippen LogP contribution is 2.27. The predicted molar refractivity (Wildman–Crippen MR) is 115 cm³/mol. The van der Waals surface area contributed by atoms with E-state index in [0.717, 1.165) is 4.47 Å². The van der Waals surface area contributed by atoms with Crippen LogP contribution in [0.1, 0.15) is 5.56 Å². The van der Waals surface area contributed by atoms with Gasteiger partial charge in [0, 0.05) is 10.5 Å². The van der Waals surface area contributed by atoms with Gasteiger partial charge in [0.15, 0.2) is 11.7 Å². The maximum absolute atomic E-state index is 12.8. The van der Waals surface area contributed by atoms with Gasteiger partial charge in [-0.1, -0.05) is 28.1 Å². The largest absolute Gasteiger partial charge is 0.483 e. The molecule has 0 fully saturated rings. The maximum Gasteiger partial charge on any atom is 0.276 e. The number of hydrogen-bond acceptors (Lipinski definition) is 4. The molecule has 2 aromatic rings. The van der Waals surface area contributed by atoms with E-state index < -0.39 is 11.8 Å². The number of carbonyl (C=O) groups excluding carboxylic acids is 2. The van der Waals surface area contributed by atoms with Gasteiger partial charge in [0.25, 0.3) is 5.91 Å². The van der Waals surface area contributed by atoms with Crippen molar-refractivity contribution in [1.82, 2.24) is 16.2 Å². The van der Waals surface area contributed by atoms with E-state index in [1.165, 1.54) is 36.4 Å². The van der Waals surface area contributed by atoms with E-state index >= 15 is 0 Å². The van der Waals surface area contributed by atoms with Gasteiger partial charge in [-0.25, -0.2) is 4.39 Å². The summed E-state index contributed by atoms with van der Waals surface area (Å²) in [6.45, 7) is -0.256. The minimum atomic E-state index is -0.508. The second kappa shape index (κ2) is 10.9. The van der Waals surface area contributed by atoms with E-state index in [4.69, 9.17) is 17.0 Å². The molecule has 0 unspecified atom stereocenters. The molecule has 0 aliphatic carbocycles. The molecule has 146 valence electrons. The van der Waals surface area contributed by atoms with Gasteiger partial charge in [-0.05, 0) is 70.1 Å². The first kappa shape index (κ1) is 22.0. The SMILES string of the molecule is O=C(/C=C/c1ccc(F)cc1)NC(=S)NNC(=O)COc1ccc(Br)cc1Br.